The van der Waals surface area contributed by atoms with Gasteiger partial charge in [0.25, 0.3) is 5.91 Å². The number of carbonyl (C=O) groups is 2. The Kier molecular flexibility index (Phi) is 5.97. The van der Waals surface area contributed by atoms with Crippen molar-refractivity contribution in [1.82, 2.24) is 20.1 Å². The van der Waals surface area contributed by atoms with Gasteiger partial charge in [-0.05, 0) is 35.9 Å². The first-order valence-corrected chi connectivity index (χ1v) is 8.95. The molecule has 1 N–H and O–H groups in total. The molecule has 0 fully saturated rings. The Bertz CT molecular complexity index is 909. The number of benzene rings is 1. The van der Waals surface area contributed by atoms with Gasteiger partial charge in [0.2, 0.25) is 0 Å². The average Bonchev–Trinajstić information content (AvgIpc) is 3.23. The van der Waals surface area contributed by atoms with Gasteiger partial charge in [0, 0.05) is 23.1 Å². The lowest BCUT2D eigenvalue weighted by Crippen LogP contribution is -2.30. The molecule has 138 valence electrons. The molecule has 1 amide bonds. The van der Waals surface area contributed by atoms with E-state index in [4.69, 9.17) is 4.74 Å². The van der Waals surface area contributed by atoms with Crippen LogP contribution < -0.4 is 5.32 Å². The van der Waals surface area contributed by atoms with E-state index in [0.717, 1.165) is 10.0 Å². The van der Waals surface area contributed by atoms with Crippen molar-refractivity contribution >= 4 is 27.8 Å². The van der Waals surface area contributed by atoms with E-state index in [0.29, 0.717) is 11.4 Å². The normalized spacial score (nSPS) is 11.6. The molecular formula is C19H17BrN4O3. The molecule has 0 spiro atoms. The number of rotatable bonds is 6. The molecule has 0 aliphatic rings. The van der Waals surface area contributed by atoms with Gasteiger partial charge in [0.05, 0.1) is 25.1 Å². The Labute approximate surface area is 164 Å². The Morgan fingerprint density at radius 2 is 2.00 bits per heavy atom. The molecule has 1 unspecified atom stereocenters. The number of hydrogen-bond donors (Lipinski definition) is 1. The second kappa shape index (κ2) is 8.59. The van der Waals surface area contributed by atoms with Crippen molar-refractivity contribution in [1.29, 1.82) is 0 Å². The van der Waals surface area contributed by atoms with Gasteiger partial charge in [0.1, 0.15) is 0 Å². The highest BCUT2D eigenvalue weighted by atomic mass is 79.9. The highest BCUT2D eigenvalue weighted by Crippen LogP contribution is 2.21. The monoisotopic (exact) mass is 428 g/mol. The summed E-state index contributed by atoms with van der Waals surface area (Å²) in [6.07, 6.45) is 4.92. The van der Waals surface area contributed by atoms with Gasteiger partial charge < -0.3 is 10.1 Å². The van der Waals surface area contributed by atoms with Crippen molar-refractivity contribution in [2.24, 2.45) is 0 Å². The fourth-order valence-corrected chi connectivity index (χ4v) is 2.76. The first-order chi connectivity index (χ1) is 13.1. The molecule has 3 rings (SSSR count). The number of nitrogens with one attached hydrogen (secondary N) is 1. The molecule has 0 radical (unpaired) electrons. The summed E-state index contributed by atoms with van der Waals surface area (Å²) in [5.74, 6) is -0.128. The number of methoxy groups -OCH3 is 1. The number of hydrogen-bond acceptors (Lipinski definition) is 5. The average molecular weight is 429 g/mol. The molecule has 0 aliphatic heterocycles. The maximum atomic E-state index is 12.6. The molecule has 0 bridgehead atoms. The van der Waals surface area contributed by atoms with Gasteiger partial charge in [-0.1, -0.05) is 28.1 Å². The van der Waals surface area contributed by atoms with Crippen molar-refractivity contribution in [2.75, 3.05) is 7.11 Å². The fourth-order valence-electron chi connectivity index (χ4n) is 2.50. The lowest BCUT2D eigenvalue weighted by Gasteiger charge is -2.18. The van der Waals surface area contributed by atoms with E-state index in [1.54, 1.807) is 35.3 Å². The van der Waals surface area contributed by atoms with Gasteiger partial charge in [-0.15, -0.1) is 0 Å². The van der Waals surface area contributed by atoms with Crippen LogP contribution in [0, 0.1) is 0 Å². The highest BCUT2D eigenvalue weighted by molar-refractivity contribution is 9.10. The van der Waals surface area contributed by atoms with E-state index in [2.05, 4.69) is 31.3 Å². The van der Waals surface area contributed by atoms with E-state index in [-0.39, 0.29) is 12.3 Å². The first-order valence-electron chi connectivity index (χ1n) is 8.16. The maximum absolute atomic E-state index is 12.6. The molecular weight excluding hydrogens is 412 g/mol. The van der Waals surface area contributed by atoms with Gasteiger partial charge in [0.15, 0.2) is 5.82 Å². The van der Waals surface area contributed by atoms with Crippen LogP contribution in [0.4, 0.5) is 0 Å². The second-order valence-electron chi connectivity index (χ2n) is 5.71. The minimum Gasteiger partial charge on any atom is -0.469 e. The van der Waals surface area contributed by atoms with Crippen LogP contribution in [-0.2, 0) is 9.53 Å². The zero-order valence-corrected chi connectivity index (χ0v) is 16.1. The van der Waals surface area contributed by atoms with Crippen LogP contribution >= 0.6 is 15.9 Å². The van der Waals surface area contributed by atoms with E-state index in [1.807, 2.05) is 24.3 Å². The number of nitrogens with zero attached hydrogens (tertiary/aromatic N) is 3. The number of pyridine rings is 1. The van der Waals surface area contributed by atoms with Crippen LogP contribution in [0.15, 0.2) is 65.5 Å². The van der Waals surface area contributed by atoms with Crippen molar-refractivity contribution in [3.8, 4) is 5.82 Å². The van der Waals surface area contributed by atoms with E-state index < -0.39 is 12.0 Å². The summed E-state index contributed by atoms with van der Waals surface area (Å²) >= 11 is 3.38. The summed E-state index contributed by atoms with van der Waals surface area (Å²) in [5.41, 5.74) is 1.19. The topological polar surface area (TPSA) is 86.1 Å². The van der Waals surface area contributed by atoms with Crippen LogP contribution in [0.5, 0.6) is 0 Å². The SMILES string of the molecule is COC(=O)CC(NC(=O)c1ccc(-n2cccn2)nc1)c1ccc(Br)cc1. The molecule has 8 heteroatoms. The maximum Gasteiger partial charge on any atom is 0.307 e. The largest absolute Gasteiger partial charge is 0.469 e. The van der Waals surface area contributed by atoms with Crippen LogP contribution in [0.3, 0.4) is 0 Å². The summed E-state index contributed by atoms with van der Waals surface area (Å²) in [6, 6.07) is 12.0. The summed E-state index contributed by atoms with van der Waals surface area (Å²) in [5, 5.41) is 6.97. The molecule has 2 aromatic heterocycles. The molecule has 0 saturated heterocycles. The molecule has 1 aromatic carbocycles. The molecule has 7 nitrogen and oxygen atoms in total. The van der Waals surface area contributed by atoms with Crippen LogP contribution in [0.2, 0.25) is 0 Å². The lowest BCUT2D eigenvalue weighted by atomic mass is 10.0. The number of amides is 1. The lowest BCUT2D eigenvalue weighted by molar-refractivity contribution is -0.141. The number of carbonyl (C=O) groups excluding carboxylic acids is 2. The number of ether oxygens (including phenoxy) is 1. The third-order valence-corrected chi connectivity index (χ3v) is 4.45. The summed E-state index contributed by atoms with van der Waals surface area (Å²) < 4.78 is 7.26. The quantitative estimate of drug-likeness (QED) is 0.609. The molecule has 27 heavy (non-hydrogen) atoms. The van der Waals surface area contributed by atoms with E-state index in [9.17, 15) is 9.59 Å². The number of halogens is 1. The predicted molar refractivity (Wildman–Crippen MR) is 102 cm³/mol. The van der Waals surface area contributed by atoms with Crippen molar-refractivity contribution < 1.29 is 14.3 Å². The standard InChI is InChI=1S/C19H17BrN4O3/c1-27-18(25)11-16(13-3-6-15(20)7-4-13)23-19(26)14-5-8-17(21-12-14)24-10-2-9-22-24/h2-10,12,16H,11H2,1H3,(H,23,26). The minimum absolute atomic E-state index is 0.0304. The van der Waals surface area contributed by atoms with E-state index >= 15 is 0 Å². The Balaban J connectivity index is 1.77. The van der Waals surface area contributed by atoms with Crippen LogP contribution in [0.1, 0.15) is 28.4 Å². The highest BCUT2D eigenvalue weighted by Gasteiger charge is 2.20. The van der Waals surface area contributed by atoms with Gasteiger partial charge in [-0.2, -0.15) is 5.10 Å². The van der Waals surface area contributed by atoms with Gasteiger partial charge in [-0.3, -0.25) is 9.59 Å². The molecule has 0 saturated carbocycles. The number of esters is 1. The first kappa shape index (κ1) is 18.8. The smallest absolute Gasteiger partial charge is 0.307 e. The summed E-state index contributed by atoms with van der Waals surface area (Å²) in [6.45, 7) is 0. The van der Waals surface area contributed by atoms with Gasteiger partial charge in [-0.25, -0.2) is 9.67 Å². The fraction of sp³-hybridized carbons (Fsp3) is 0.158. The zero-order chi connectivity index (χ0) is 19.2. The van der Waals surface area contributed by atoms with Crippen molar-refractivity contribution in [2.45, 2.75) is 12.5 Å². The van der Waals surface area contributed by atoms with E-state index in [1.165, 1.54) is 13.3 Å². The Morgan fingerprint density at radius 3 is 2.59 bits per heavy atom. The second-order valence-corrected chi connectivity index (χ2v) is 6.63. The van der Waals surface area contributed by atoms with Crippen molar-refractivity contribution in [3.05, 3.63) is 76.7 Å². The predicted octanol–water partition coefficient (Wildman–Crippen LogP) is 3.06. The molecule has 2 heterocycles. The molecule has 3 aromatic rings. The van der Waals surface area contributed by atoms with Crippen molar-refractivity contribution in [3.63, 3.8) is 0 Å². The third kappa shape index (κ3) is 4.79. The van der Waals surface area contributed by atoms with Crippen LogP contribution in [-0.4, -0.2) is 33.8 Å². The Morgan fingerprint density at radius 1 is 1.22 bits per heavy atom. The zero-order valence-electron chi connectivity index (χ0n) is 14.5. The summed E-state index contributed by atoms with van der Waals surface area (Å²) in [4.78, 5) is 28.6. The minimum atomic E-state index is -0.510. The third-order valence-electron chi connectivity index (χ3n) is 3.93. The number of aromatic nitrogens is 3. The Hall–Kier alpha value is -3.00. The molecule has 0 aliphatic carbocycles. The van der Waals surface area contributed by atoms with Gasteiger partial charge >= 0.3 is 5.97 Å². The van der Waals surface area contributed by atoms with Crippen LogP contribution in [0.25, 0.3) is 5.82 Å². The summed E-state index contributed by atoms with van der Waals surface area (Å²) in [7, 11) is 1.32. The molecule has 1 atom stereocenters.